The topological polar surface area (TPSA) is 74.2 Å². The van der Waals surface area contributed by atoms with Crippen LogP contribution in [0.5, 0.6) is 0 Å². The molecule has 1 aromatic heterocycles. The lowest BCUT2D eigenvalue weighted by Gasteiger charge is -2.09. The van der Waals surface area contributed by atoms with Gasteiger partial charge in [-0.3, -0.25) is 4.98 Å². The second-order valence-corrected chi connectivity index (χ2v) is 4.47. The van der Waals surface area contributed by atoms with Crippen molar-refractivity contribution in [2.24, 2.45) is 0 Å². The molecule has 0 saturated heterocycles. The Hall–Kier alpha value is -2.40. The van der Waals surface area contributed by atoms with Gasteiger partial charge in [-0.05, 0) is 30.2 Å². The number of aliphatic hydroxyl groups excluding tert-OH is 1. The largest absolute Gasteiger partial charge is 0.389 e. The highest BCUT2D eigenvalue weighted by molar-refractivity contribution is 5.88. The molecule has 3 N–H and O–H groups in total. The van der Waals surface area contributed by atoms with E-state index in [2.05, 4.69) is 15.6 Å². The first-order valence-corrected chi connectivity index (χ1v) is 6.37. The van der Waals surface area contributed by atoms with Gasteiger partial charge in [0.15, 0.2) is 0 Å². The Morgan fingerprint density at radius 1 is 1.30 bits per heavy atom. The molecule has 0 radical (unpaired) electrons. The normalized spacial score (nSPS) is 11.7. The number of rotatable bonds is 4. The van der Waals surface area contributed by atoms with E-state index in [0.717, 1.165) is 11.1 Å². The number of amides is 2. The molecular weight excluding hydrogens is 254 g/mol. The van der Waals surface area contributed by atoms with Crippen molar-refractivity contribution in [3.8, 4) is 0 Å². The number of hydrogen-bond donors (Lipinski definition) is 3. The molecule has 0 unspecified atom stereocenters. The van der Waals surface area contributed by atoms with Crippen LogP contribution in [0, 0.1) is 0 Å². The van der Waals surface area contributed by atoms with Crippen molar-refractivity contribution in [3.63, 3.8) is 0 Å². The van der Waals surface area contributed by atoms with Crippen molar-refractivity contribution in [3.05, 3.63) is 59.9 Å². The minimum atomic E-state index is -0.481. The number of aliphatic hydroxyl groups is 1. The smallest absolute Gasteiger partial charge is 0.319 e. The molecule has 0 bridgehead atoms. The van der Waals surface area contributed by atoms with Crippen molar-refractivity contribution in [2.75, 3.05) is 5.32 Å². The van der Waals surface area contributed by atoms with Crippen LogP contribution in [0.1, 0.15) is 24.2 Å². The number of hydrogen-bond acceptors (Lipinski definition) is 3. The Labute approximate surface area is 117 Å². The third-order valence-electron chi connectivity index (χ3n) is 2.83. The second-order valence-electron chi connectivity index (χ2n) is 4.47. The number of nitrogens with zero attached hydrogens (tertiary/aromatic N) is 1. The summed E-state index contributed by atoms with van der Waals surface area (Å²) in [6.45, 7) is 2.14. The molecular formula is C15H17N3O2. The number of benzene rings is 1. The van der Waals surface area contributed by atoms with E-state index >= 15 is 0 Å². The molecule has 0 aliphatic heterocycles. The first-order chi connectivity index (χ1) is 9.65. The third-order valence-corrected chi connectivity index (χ3v) is 2.83. The van der Waals surface area contributed by atoms with Gasteiger partial charge in [-0.2, -0.15) is 0 Å². The van der Waals surface area contributed by atoms with Crippen molar-refractivity contribution >= 4 is 11.7 Å². The zero-order valence-electron chi connectivity index (χ0n) is 11.2. The Bertz CT molecular complexity index is 553. The number of carbonyl (C=O) groups is 1. The average molecular weight is 271 g/mol. The summed E-state index contributed by atoms with van der Waals surface area (Å²) in [6, 6.07) is 10.7. The number of carbonyl (C=O) groups excluding carboxylic acids is 1. The van der Waals surface area contributed by atoms with E-state index in [-0.39, 0.29) is 6.03 Å². The van der Waals surface area contributed by atoms with Crippen LogP contribution < -0.4 is 10.6 Å². The number of aromatic nitrogens is 1. The molecule has 0 fully saturated rings. The lowest BCUT2D eigenvalue weighted by molar-refractivity contribution is 0.199. The van der Waals surface area contributed by atoms with E-state index in [1.165, 1.54) is 0 Å². The molecule has 1 heterocycles. The second kappa shape index (κ2) is 6.68. The van der Waals surface area contributed by atoms with Crippen molar-refractivity contribution in [1.82, 2.24) is 10.3 Å². The third kappa shape index (κ3) is 4.07. The molecule has 2 aromatic rings. The minimum absolute atomic E-state index is 0.280. The van der Waals surface area contributed by atoms with Gasteiger partial charge in [0.05, 0.1) is 18.0 Å². The van der Waals surface area contributed by atoms with Crippen molar-refractivity contribution < 1.29 is 9.90 Å². The maximum absolute atomic E-state index is 11.7. The summed E-state index contributed by atoms with van der Waals surface area (Å²) >= 11 is 0. The highest BCUT2D eigenvalue weighted by Gasteiger charge is 2.03. The fourth-order valence-electron chi connectivity index (χ4n) is 1.71. The molecule has 5 nitrogen and oxygen atoms in total. The highest BCUT2D eigenvalue weighted by atomic mass is 16.3. The standard InChI is InChI=1S/C15H17N3O2/c1-11(19)13-6-4-12(5-7-13)9-17-15(20)18-14-3-2-8-16-10-14/h2-8,10-11,19H,9H2,1H3,(H2,17,18,20)/t11-/m0/s1. The first-order valence-electron chi connectivity index (χ1n) is 6.37. The lowest BCUT2D eigenvalue weighted by atomic mass is 10.1. The average Bonchev–Trinajstić information content (AvgIpc) is 2.46. The highest BCUT2D eigenvalue weighted by Crippen LogP contribution is 2.12. The first kappa shape index (κ1) is 14.0. The van der Waals surface area contributed by atoms with E-state index in [4.69, 9.17) is 0 Å². The van der Waals surface area contributed by atoms with Crippen LogP contribution >= 0.6 is 0 Å². The molecule has 2 rings (SSSR count). The number of pyridine rings is 1. The molecule has 1 aromatic carbocycles. The zero-order chi connectivity index (χ0) is 14.4. The molecule has 0 spiro atoms. The van der Waals surface area contributed by atoms with Gasteiger partial charge in [0.25, 0.3) is 0 Å². The molecule has 1 atom stereocenters. The molecule has 2 amide bonds. The van der Waals surface area contributed by atoms with Gasteiger partial charge in [0.2, 0.25) is 0 Å². The van der Waals surface area contributed by atoms with E-state index in [1.54, 1.807) is 31.5 Å². The van der Waals surface area contributed by atoms with Crippen LogP contribution in [-0.2, 0) is 6.54 Å². The van der Waals surface area contributed by atoms with E-state index in [1.807, 2.05) is 24.3 Å². The maximum Gasteiger partial charge on any atom is 0.319 e. The van der Waals surface area contributed by atoms with Crippen LogP contribution in [0.4, 0.5) is 10.5 Å². The molecule has 0 saturated carbocycles. The maximum atomic E-state index is 11.7. The summed E-state index contributed by atoms with van der Waals surface area (Å²) in [7, 11) is 0. The molecule has 0 aliphatic rings. The molecule has 5 heteroatoms. The van der Waals surface area contributed by atoms with Crippen LogP contribution in [0.2, 0.25) is 0 Å². The Morgan fingerprint density at radius 3 is 2.65 bits per heavy atom. The fraction of sp³-hybridized carbons (Fsp3) is 0.200. The summed E-state index contributed by atoms with van der Waals surface area (Å²) in [5.41, 5.74) is 2.47. The predicted octanol–water partition coefficient (Wildman–Crippen LogP) is 2.46. The van der Waals surface area contributed by atoms with Gasteiger partial charge >= 0.3 is 6.03 Å². The summed E-state index contributed by atoms with van der Waals surface area (Å²) in [5.74, 6) is 0. The van der Waals surface area contributed by atoms with Gasteiger partial charge in [-0.25, -0.2) is 4.79 Å². The van der Waals surface area contributed by atoms with Gasteiger partial charge < -0.3 is 15.7 Å². The van der Waals surface area contributed by atoms with E-state index in [0.29, 0.717) is 12.2 Å². The van der Waals surface area contributed by atoms with Crippen LogP contribution in [0.3, 0.4) is 0 Å². The van der Waals surface area contributed by atoms with Gasteiger partial charge in [0, 0.05) is 12.7 Å². The molecule has 20 heavy (non-hydrogen) atoms. The van der Waals surface area contributed by atoms with E-state index in [9.17, 15) is 9.90 Å². The Morgan fingerprint density at radius 2 is 2.05 bits per heavy atom. The van der Waals surface area contributed by atoms with Crippen LogP contribution in [-0.4, -0.2) is 16.1 Å². The quantitative estimate of drug-likeness (QED) is 0.799. The number of anilines is 1. The number of urea groups is 1. The number of nitrogens with one attached hydrogen (secondary N) is 2. The van der Waals surface area contributed by atoms with Crippen molar-refractivity contribution in [2.45, 2.75) is 19.6 Å². The predicted molar refractivity (Wildman–Crippen MR) is 77.2 cm³/mol. The summed E-state index contributed by atoms with van der Waals surface area (Å²) < 4.78 is 0. The van der Waals surface area contributed by atoms with Gasteiger partial charge in [-0.15, -0.1) is 0 Å². The molecule has 104 valence electrons. The summed E-state index contributed by atoms with van der Waals surface area (Å²) in [5, 5.41) is 14.9. The lowest BCUT2D eigenvalue weighted by Crippen LogP contribution is -2.28. The molecule has 0 aliphatic carbocycles. The van der Waals surface area contributed by atoms with Crippen LogP contribution in [0.15, 0.2) is 48.8 Å². The fourth-order valence-corrected chi connectivity index (χ4v) is 1.71. The van der Waals surface area contributed by atoms with Crippen LogP contribution in [0.25, 0.3) is 0 Å². The Kier molecular flexibility index (Phi) is 4.68. The van der Waals surface area contributed by atoms with Gasteiger partial charge in [-0.1, -0.05) is 24.3 Å². The monoisotopic (exact) mass is 271 g/mol. The Balaban J connectivity index is 1.84. The van der Waals surface area contributed by atoms with E-state index < -0.39 is 6.10 Å². The summed E-state index contributed by atoms with van der Waals surface area (Å²) in [6.07, 6.45) is 2.75. The van der Waals surface area contributed by atoms with Crippen molar-refractivity contribution in [1.29, 1.82) is 0 Å². The SMILES string of the molecule is C[C@H](O)c1ccc(CNC(=O)Nc2cccnc2)cc1. The van der Waals surface area contributed by atoms with Gasteiger partial charge in [0.1, 0.15) is 0 Å². The zero-order valence-corrected chi connectivity index (χ0v) is 11.2. The summed E-state index contributed by atoms with van der Waals surface area (Å²) in [4.78, 5) is 15.6. The minimum Gasteiger partial charge on any atom is -0.389 e.